The summed E-state index contributed by atoms with van der Waals surface area (Å²) in [5, 5.41) is 4.31. The van der Waals surface area contributed by atoms with Gasteiger partial charge in [0, 0.05) is 19.9 Å². The molecule has 1 aromatic heterocycles. The first kappa shape index (κ1) is 13.7. The van der Waals surface area contributed by atoms with E-state index in [1.807, 2.05) is 14.0 Å². The van der Waals surface area contributed by atoms with Gasteiger partial charge < -0.3 is 5.73 Å². The standard InChI is InChI=1S/C13H20BrN3O/c1-9-12(14)11(17(2)16-9)6-10(18)7-13(8-15)4-3-5-13/h3-8,15H2,1-2H3. The van der Waals surface area contributed by atoms with Crippen molar-refractivity contribution in [3.63, 3.8) is 0 Å². The number of halogens is 1. The molecule has 0 saturated heterocycles. The number of carbonyl (C=O) groups excluding carboxylic acids is 1. The highest BCUT2D eigenvalue weighted by molar-refractivity contribution is 9.10. The van der Waals surface area contributed by atoms with E-state index in [0.717, 1.165) is 28.7 Å². The molecule has 1 aliphatic rings. The van der Waals surface area contributed by atoms with Crippen LogP contribution in [-0.4, -0.2) is 22.1 Å². The van der Waals surface area contributed by atoms with Crippen molar-refractivity contribution in [2.24, 2.45) is 18.2 Å². The summed E-state index contributed by atoms with van der Waals surface area (Å²) in [6.07, 6.45) is 4.46. The largest absolute Gasteiger partial charge is 0.330 e. The molecule has 0 aliphatic heterocycles. The SMILES string of the molecule is Cc1nn(C)c(CC(=O)CC2(CN)CCC2)c1Br. The topological polar surface area (TPSA) is 60.9 Å². The molecule has 1 saturated carbocycles. The van der Waals surface area contributed by atoms with Gasteiger partial charge in [0.2, 0.25) is 0 Å². The Labute approximate surface area is 116 Å². The number of ketones is 1. The Hall–Kier alpha value is -0.680. The third-order valence-electron chi connectivity index (χ3n) is 4.05. The van der Waals surface area contributed by atoms with E-state index in [1.165, 1.54) is 6.42 Å². The van der Waals surface area contributed by atoms with Crippen LogP contribution in [0.1, 0.15) is 37.1 Å². The van der Waals surface area contributed by atoms with E-state index in [0.29, 0.717) is 19.4 Å². The van der Waals surface area contributed by atoms with Gasteiger partial charge >= 0.3 is 0 Å². The molecule has 4 nitrogen and oxygen atoms in total. The molecule has 0 bridgehead atoms. The highest BCUT2D eigenvalue weighted by Gasteiger charge is 2.37. The molecule has 0 amide bonds. The van der Waals surface area contributed by atoms with Crippen molar-refractivity contribution in [2.75, 3.05) is 6.54 Å². The van der Waals surface area contributed by atoms with E-state index >= 15 is 0 Å². The Bertz CT molecular complexity index is 458. The van der Waals surface area contributed by atoms with Crippen molar-refractivity contribution in [1.82, 2.24) is 9.78 Å². The average Bonchev–Trinajstić information content (AvgIpc) is 2.51. The highest BCUT2D eigenvalue weighted by Crippen LogP contribution is 2.43. The molecule has 1 heterocycles. The smallest absolute Gasteiger partial charge is 0.139 e. The van der Waals surface area contributed by atoms with Gasteiger partial charge in [-0.1, -0.05) is 6.42 Å². The summed E-state index contributed by atoms with van der Waals surface area (Å²) in [7, 11) is 1.88. The molecule has 2 N–H and O–H groups in total. The molecule has 1 aliphatic carbocycles. The maximum absolute atomic E-state index is 12.2. The molecule has 100 valence electrons. The second-order valence-electron chi connectivity index (χ2n) is 5.42. The molecule has 0 atom stereocenters. The lowest BCUT2D eigenvalue weighted by molar-refractivity contribution is -0.122. The van der Waals surface area contributed by atoms with Crippen molar-refractivity contribution in [1.29, 1.82) is 0 Å². The lowest BCUT2D eigenvalue weighted by atomic mass is 9.66. The summed E-state index contributed by atoms with van der Waals surface area (Å²) in [6, 6.07) is 0. The van der Waals surface area contributed by atoms with Gasteiger partial charge in [0.05, 0.1) is 15.9 Å². The Kier molecular flexibility index (Phi) is 3.92. The predicted molar refractivity (Wildman–Crippen MR) is 74.3 cm³/mol. The number of Topliss-reactive ketones (excluding diaryl/α,β-unsaturated/α-hetero) is 1. The lowest BCUT2D eigenvalue weighted by Gasteiger charge is -2.40. The zero-order chi connectivity index (χ0) is 13.3. The maximum atomic E-state index is 12.2. The molecule has 0 spiro atoms. The first-order chi connectivity index (χ1) is 8.47. The Morgan fingerprint density at radius 2 is 2.22 bits per heavy atom. The van der Waals surface area contributed by atoms with Crippen LogP contribution in [0.5, 0.6) is 0 Å². The van der Waals surface area contributed by atoms with Gasteiger partial charge in [-0.2, -0.15) is 5.10 Å². The number of hydrogen-bond donors (Lipinski definition) is 1. The number of rotatable bonds is 5. The fourth-order valence-corrected chi connectivity index (χ4v) is 3.15. The molecule has 2 rings (SSSR count). The van der Waals surface area contributed by atoms with Crippen LogP contribution >= 0.6 is 15.9 Å². The molecule has 5 heteroatoms. The zero-order valence-electron chi connectivity index (χ0n) is 11.0. The van der Waals surface area contributed by atoms with Gasteiger partial charge in [-0.25, -0.2) is 0 Å². The average molecular weight is 314 g/mol. The second-order valence-corrected chi connectivity index (χ2v) is 6.21. The minimum atomic E-state index is 0.0944. The minimum absolute atomic E-state index is 0.0944. The molecule has 0 radical (unpaired) electrons. The summed E-state index contributed by atoms with van der Waals surface area (Å²) in [6.45, 7) is 2.57. The van der Waals surface area contributed by atoms with Crippen LogP contribution in [0.25, 0.3) is 0 Å². The fraction of sp³-hybridized carbons (Fsp3) is 0.692. The molecular formula is C13H20BrN3O. The molecular weight excluding hydrogens is 294 g/mol. The monoisotopic (exact) mass is 313 g/mol. The van der Waals surface area contributed by atoms with Crippen LogP contribution < -0.4 is 5.73 Å². The van der Waals surface area contributed by atoms with E-state index in [1.54, 1.807) is 4.68 Å². The summed E-state index contributed by atoms with van der Waals surface area (Å²) in [5.41, 5.74) is 7.78. The van der Waals surface area contributed by atoms with Crippen molar-refractivity contribution < 1.29 is 4.79 Å². The van der Waals surface area contributed by atoms with Crippen molar-refractivity contribution in [3.05, 3.63) is 15.9 Å². The Balaban J connectivity index is 2.03. The lowest BCUT2D eigenvalue weighted by Crippen LogP contribution is -2.39. The van der Waals surface area contributed by atoms with Crippen molar-refractivity contribution >= 4 is 21.7 Å². The van der Waals surface area contributed by atoms with Crippen LogP contribution in [0.15, 0.2) is 4.47 Å². The van der Waals surface area contributed by atoms with Crippen LogP contribution in [0.2, 0.25) is 0 Å². The van der Waals surface area contributed by atoms with Crippen LogP contribution in [0, 0.1) is 12.3 Å². The Morgan fingerprint density at radius 1 is 1.56 bits per heavy atom. The normalized spacial score (nSPS) is 17.6. The van der Waals surface area contributed by atoms with E-state index in [2.05, 4.69) is 21.0 Å². The van der Waals surface area contributed by atoms with Crippen LogP contribution in [0.3, 0.4) is 0 Å². The number of hydrogen-bond acceptors (Lipinski definition) is 3. The first-order valence-electron chi connectivity index (χ1n) is 6.37. The van der Waals surface area contributed by atoms with Crippen molar-refractivity contribution in [2.45, 2.75) is 39.0 Å². The van der Waals surface area contributed by atoms with Gasteiger partial charge in [0.25, 0.3) is 0 Å². The summed E-state index contributed by atoms with van der Waals surface area (Å²) >= 11 is 3.50. The zero-order valence-corrected chi connectivity index (χ0v) is 12.6. The molecule has 0 aromatic carbocycles. The van der Waals surface area contributed by atoms with E-state index < -0.39 is 0 Å². The van der Waals surface area contributed by atoms with Gasteiger partial charge in [0.15, 0.2) is 0 Å². The highest BCUT2D eigenvalue weighted by atomic mass is 79.9. The minimum Gasteiger partial charge on any atom is -0.330 e. The molecule has 0 unspecified atom stereocenters. The maximum Gasteiger partial charge on any atom is 0.139 e. The van der Waals surface area contributed by atoms with E-state index in [4.69, 9.17) is 5.73 Å². The number of aryl methyl sites for hydroxylation is 2. The number of nitrogens with zero attached hydrogens (tertiary/aromatic N) is 2. The first-order valence-corrected chi connectivity index (χ1v) is 7.16. The molecule has 1 fully saturated rings. The Morgan fingerprint density at radius 3 is 2.61 bits per heavy atom. The molecule has 18 heavy (non-hydrogen) atoms. The van der Waals surface area contributed by atoms with E-state index in [9.17, 15) is 4.79 Å². The van der Waals surface area contributed by atoms with Gasteiger partial charge in [-0.15, -0.1) is 0 Å². The number of nitrogens with two attached hydrogens (primary N) is 1. The number of aromatic nitrogens is 2. The van der Waals surface area contributed by atoms with Crippen LogP contribution in [-0.2, 0) is 18.3 Å². The molecule has 1 aromatic rings. The quantitative estimate of drug-likeness (QED) is 0.905. The third kappa shape index (κ3) is 2.52. The third-order valence-corrected chi connectivity index (χ3v) is 5.08. The predicted octanol–water partition coefficient (Wildman–Crippen LogP) is 2.12. The summed E-state index contributed by atoms with van der Waals surface area (Å²) in [5.74, 6) is 0.267. The fourth-order valence-electron chi connectivity index (χ4n) is 2.67. The second kappa shape index (κ2) is 5.13. The summed E-state index contributed by atoms with van der Waals surface area (Å²) < 4.78 is 2.74. The van der Waals surface area contributed by atoms with E-state index in [-0.39, 0.29) is 11.2 Å². The van der Waals surface area contributed by atoms with Crippen LogP contribution in [0.4, 0.5) is 0 Å². The van der Waals surface area contributed by atoms with Gasteiger partial charge in [0.1, 0.15) is 5.78 Å². The van der Waals surface area contributed by atoms with Gasteiger partial charge in [-0.05, 0) is 47.7 Å². The van der Waals surface area contributed by atoms with Crippen molar-refractivity contribution in [3.8, 4) is 0 Å². The summed E-state index contributed by atoms with van der Waals surface area (Å²) in [4.78, 5) is 12.2. The number of carbonyl (C=O) groups is 1. The van der Waals surface area contributed by atoms with Gasteiger partial charge in [-0.3, -0.25) is 9.48 Å².